The molecule has 0 bridgehead atoms. The number of ether oxygens (including phenoxy) is 3. The van der Waals surface area contributed by atoms with Crippen molar-refractivity contribution >= 4 is 5.91 Å². The van der Waals surface area contributed by atoms with Crippen LogP contribution in [0.15, 0.2) is 72.8 Å². The summed E-state index contributed by atoms with van der Waals surface area (Å²) in [6.45, 7) is 3.77. The molecule has 1 aromatic heterocycles. The summed E-state index contributed by atoms with van der Waals surface area (Å²) >= 11 is 0. The van der Waals surface area contributed by atoms with Crippen molar-refractivity contribution in [2.75, 3.05) is 60.7 Å². The molecule has 0 N–H and O–H groups in total. The lowest BCUT2D eigenvalue weighted by molar-refractivity contribution is -0.146. The third-order valence-electron chi connectivity index (χ3n) is 9.40. The highest BCUT2D eigenvalue weighted by atomic mass is 19.4. The molecule has 2 saturated heterocycles. The van der Waals surface area contributed by atoms with Gasteiger partial charge in [-0.2, -0.15) is 17.9 Å². The molecule has 0 saturated carbocycles. The van der Waals surface area contributed by atoms with Crippen molar-refractivity contribution in [3.05, 3.63) is 95.3 Å². The van der Waals surface area contributed by atoms with Gasteiger partial charge in [-0.05, 0) is 33.7 Å². The van der Waals surface area contributed by atoms with Gasteiger partial charge < -0.3 is 19.1 Å². The lowest BCUT2D eigenvalue weighted by Crippen LogP contribution is -2.67. The summed E-state index contributed by atoms with van der Waals surface area (Å²) in [6, 6.07) is 23.9. The number of carbonyl (C=O) groups excluding carboxylic acids is 1. The second-order valence-corrected chi connectivity index (χ2v) is 12.2. The number of piperazine rings is 2. The van der Waals surface area contributed by atoms with E-state index in [1.807, 2.05) is 41.3 Å². The van der Waals surface area contributed by atoms with Gasteiger partial charge in [0.1, 0.15) is 11.4 Å². The van der Waals surface area contributed by atoms with E-state index < -0.39 is 12.0 Å². The van der Waals surface area contributed by atoms with Gasteiger partial charge in [-0.3, -0.25) is 14.6 Å². The highest BCUT2D eigenvalue weighted by Crippen LogP contribution is 2.40. The predicted molar refractivity (Wildman–Crippen MR) is 175 cm³/mol. The topological polar surface area (TPSA) is 98.1 Å². The maximum atomic E-state index is 13.9. The maximum absolute atomic E-state index is 13.9. The molecule has 49 heavy (non-hydrogen) atoms. The number of rotatable bonds is 11. The molecule has 6 rings (SSSR count). The number of tetrazole rings is 1. The zero-order valence-corrected chi connectivity index (χ0v) is 27.7. The lowest BCUT2D eigenvalue weighted by atomic mass is 9.81. The first kappa shape index (κ1) is 34.3. The van der Waals surface area contributed by atoms with Gasteiger partial charge >= 0.3 is 6.18 Å². The highest BCUT2D eigenvalue weighted by molar-refractivity contribution is 5.76. The number of benzene rings is 3. The molecule has 0 unspecified atom stereocenters. The van der Waals surface area contributed by atoms with E-state index in [2.05, 4.69) is 49.6 Å². The molecule has 4 aromatic rings. The van der Waals surface area contributed by atoms with Crippen molar-refractivity contribution in [2.45, 2.75) is 37.1 Å². The molecule has 2 fully saturated rings. The standard InChI is InChI=1S/C35H40F3N7O4/c1-47-19-16-31(46)43-17-18-44-26(21-43)20-42(23-29(44)32(24-10-6-4-7-11-24)25-12-8-5-9-13-25)22-27-30(48-2)15-14-28(33(27)49-3)45-34(35(36,37)38)39-40-41-45/h4-15,26,29,32H,16-23H2,1-3H3/t26-,29+/m1/s1. The van der Waals surface area contributed by atoms with Crippen molar-refractivity contribution < 1.29 is 32.2 Å². The Morgan fingerprint density at radius 1 is 0.898 bits per heavy atom. The Kier molecular flexibility index (Phi) is 10.5. The van der Waals surface area contributed by atoms with Crippen LogP contribution in [0, 0.1) is 0 Å². The summed E-state index contributed by atoms with van der Waals surface area (Å²) < 4.78 is 58.9. The molecule has 3 heterocycles. The van der Waals surface area contributed by atoms with Crippen molar-refractivity contribution in [3.8, 4) is 17.2 Å². The van der Waals surface area contributed by atoms with Gasteiger partial charge in [0.15, 0.2) is 5.75 Å². The van der Waals surface area contributed by atoms with E-state index in [0.29, 0.717) is 68.3 Å². The fourth-order valence-electron chi connectivity index (χ4n) is 7.25. The smallest absolute Gasteiger partial charge is 0.453 e. The number of halogens is 3. The lowest BCUT2D eigenvalue weighted by Gasteiger charge is -2.53. The van der Waals surface area contributed by atoms with E-state index in [0.717, 1.165) is 0 Å². The van der Waals surface area contributed by atoms with Crippen LogP contribution in [0.4, 0.5) is 13.2 Å². The molecule has 14 heteroatoms. The Balaban J connectivity index is 1.40. The number of carbonyl (C=O) groups is 1. The van der Waals surface area contributed by atoms with E-state index in [1.165, 1.54) is 31.4 Å². The molecule has 2 atom stereocenters. The minimum atomic E-state index is -4.78. The number of aromatic nitrogens is 4. The molecular formula is C35H40F3N7O4. The Morgan fingerprint density at radius 2 is 1.59 bits per heavy atom. The third-order valence-corrected chi connectivity index (χ3v) is 9.40. The van der Waals surface area contributed by atoms with Gasteiger partial charge in [0.2, 0.25) is 5.91 Å². The number of alkyl halides is 3. The molecular weight excluding hydrogens is 639 g/mol. The molecule has 11 nitrogen and oxygen atoms in total. The minimum Gasteiger partial charge on any atom is -0.496 e. The maximum Gasteiger partial charge on any atom is 0.453 e. The average Bonchev–Trinajstić information content (AvgIpc) is 3.62. The second-order valence-electron chi connectivity index (χ2n) is 12.2. The SMILES string of the molecule is COCCC(=O)N1CCN2[C@H](CN(Cc3c(OC)ccc(-n4nnnc4C(F)(F)F)c3OC)C[C@H]2C(c2ccccc2)c2ccccc2)C1. The third kappa shape index (κ3) is 7.26. The quantitative estimate of drug-likeness (QED) is 0.230. The molecule has 0 radical (unpaired) electrons. The number of methoxy groups -OCH3 is 3. The van der Waals surface area contributed by atoms with E-state index in [9.17, 15) is 18.0 Å². The summed E-state index contributed by atoms with van der Waals surface area (Å²) in [5, 5.41) is 10.2. The summed E-state index contributed by atoms with van der Waals surface area (Å²) in [6.07, 6.45) is -4.47. The summed E-state index contributed by atoms with van der Waals surface area (Å²) in [5.74, 6) is -0.558. The zero-order chi connectivity index (χ0) is 34.5. The summed E-state index contributed by atoms with van der Waals surface area (Å²) in [7, 11) is 4.51. The first-order valence-corrected chi connectivity index (χ1v) is 16.2. The second kappa shape index (κ2) is 14.9. The van der Waals surface area contributed by atoms with Gasteiger partial charge in [0.25, 0.3) is 5.82 Å². The number of hydrogen-bond acceptors (Lipinski definition) is 9. The molecule has 2 aliphatic heterocycles. The largest absolute Gasteiger partial charge is 0.496 e. The van der Waals surface area contributed by atoms with Crippen LogP contribution >= 0.6 is 0 Å². The fraction of sp³-hybridized carbons (Fsp3) is 0.429. The van der Waals surface area contributed by atoms with Crippen LogP contribution in [0.2, 0.25) is 0 Å². The van der Waals surface area contributed by atoms with Crippen LogP contribution in [0.25, 0.3) is 5.69 Å². The van der Waals surface area contributed by atoms with Crippen LogP contribution < -0.4 is 9.47 Å². The molecule has 0 aliphatic carbocycles. The monoisotopic (exact) mass is 679 g/mol. The highest BCUT2D eigenvalue weighted by Gasteiger charge is 2.44. The predicted octanol–water partition coefficient (Wildman–Crippen LogP) is 4.26. The van der Waals surface area contributed by atoms with E-state index in [-0.39, 0.29) is 35.3 Å². The molecule has 260 valence electrons. The Labute approximate surface area is 283 Å². The minimum absolute atomic E-state index is 0.00846. The molecule has 2 aliphatic rings. The Morgan fingerprint density at radius 3 is 2.20 bits per heavy atom. The van der Waals surface area contributed by atoms with Crippen molar-refractivity contribution in [2.24, 2.45) is 0 Å². The summed E-state index contributed by atoms with van der Waals surface area (Å²) in [5.41, 5.74) is 2.96. The van der Waals surface area contributed by atoms with Crippen molar-refractivity contribution in [1.29, 1.82) is 0 Å². The van der Waals surface area contributed by atoms with E-state index in [1.54, 1.807) is 13.2 Å². The summed E-state index contributed by atoms with van der Waals surface area (Å²) in [4.78, 5) is 19.9. The number of fused-ring (bicyclic) bond motifs is 1. The molecule has 3 aromatic carbocycles. The Hall–Kier alpha value is -4.53. The number of hydrogen-bond donors (Lipinski definition) is 0. The van der Waals surface area contributed by atoms with Crippen LogP contribution in [0.3, 0.4) is 0 Å². The van der Waals surface area contributed by atoms with Crippen LogP contribution in [0.5, 0.6) is 11.5 Å². The van der Waals surface area contributed by atoms with Gasteiger partial charge in [0, 0.05) is 64.4 Å². The van der Waals surface area contributed by atoms with Gasteiger partial charge in [-0.15, -0.1) is 5.10 Å². The van der Waals surface area contributed by atoms with Crippen LogP contribution in [-0.4, -0.2) is 114 Å². The normalized spacial score (nSPS) is 18.8. The average molecular weight is 680 g/mol. The fourth-order valence-corrected chi connectivity index (χ4v) is 7.25. The zero-order valence-electron chi connectivity index (χ0n) is 27.7. The first-order valence-electron chi connectivity index (χ1n) is 16.2. The van der Waals surface area contributed by atoms with E-state index in [4.69, 9.17) is 14.2 Å². The molecule has 1 amide bonds. The number of nitrogens with zero attached hydrogens (tertiary/aromatic N) is 7. The van der Waals surface area contributed by atoms with Gasteiger partial charge in [-0.1, -0.05) is 60.7 Å². The van der Waals surface area contributed by atoms with Crippen molar-refractivity contribution in [1.82, 2.24) is 34.9 Å². The number of amides is 1. The Bertz CT molecular complexity index is 1670. The van der Waals surface area contributed by atoms with Gasteiger partial charge in [-0.25, -0.2) is 0 Å². The van der Waals surface area contributed by atoms with Crippen LogP contribution in [0.1, 0.15) is 34.9 Å². The van der Waals surface area contributed by atoms with Crippen molar-refractivity contribution in [3.63, 3.8) is 0 Å². The molecule has 0 spiro atoms. The first-order chi connectivity index (χ1) is 23.7. The van der Waals surface area contributed by atoms with Gasteiger partial charge in [0.05, 0.1) is 32.8 Å². The van der Waals surface area contributed by atoms with E-state index >= 15 is 0 Å². The van der Waals surface area contributed by atoms with Crippen LogP contribution in [-0.2, 0) is 22.3 Å².